The van der Waals surface area contributed by atoms with Gasteiger partial charge < -0.3 is 5.32 Å². The van der Waals surface area contributed by atoms with Crippen LogP contribution in [0.3, 0.4) is 0 Å². The smallest absolute Gasteiger partial charge is 0.145 e. The normalized spacial score (nSPS) is 31.8. The highest BCUT2D eigenvalue weighted by Crippen LogP contribution is 2.15. The van der Waals surface area contributed by atoms with Crippen LogP contribution in [0.5, 0.6) is 0 Å². The van der Waals surface area contributed by atoms with E-state index in [4.69, 9.17) is 0 Å². The minimum absolute atomic E-state index is 0.160. The van der Waals surface area contributed by atoms with Crippen molar-refractivity contribution < 1.29 is 0 Å². The first-order valence-corrected chi connectivity index (χ1v) is 4.31. The van der Waals surface area contributed by atoms with E-state index >= 15 is 0 Å². The third-order valence-electron chi connectivity index (χ3n) is 2.10. The van der Waals surface area contributed by atoms with Crippen molar-refractivity contribution in [2.45, 2.75) is 26.1 Å². The largest absolute Gasteiger partial charge is 0.350 e. The van der Waals surface area contributed by atoms with Gasteiger partial charge in [-0.05, 0) is 6.08 Å². The molecule has 0 radical (unpaired) electrons. The minimum atomic E-state index is 0.160. The number of hydrogen-bond acceptors (Lipinski definition) is 3. The summed E-state index contributed by atoms with van der Waals surface area (Å²) in [4.78, 5) is 8.80. The molecule has 0 aromatic rings. The van der Waals surface area contributed by atoms with Crippen LogP contribution in [0.4, 0.5) is 0 Å². The number of rotatable bonds is 1. The zero-order chi connectivity index (χ0) is 8.55. The van der Waals surface area contributed by atoms with Gasteiger partial charge in [0.2, 0.25) is 0 Å². The van der Waals surface area contributed by atoms with Crippen LogP contribution in [0.1, 0.15) is 13.8 Å². The molecule has 0 fully saturated rings. The predicted molar refractivity (Wildman–Crippen MR) is 50.6 cm³/mol. The summed E-state index contributed by atoms with van der Waals surface area (Å²) < 4.78 is 0. The number of nitrogens with zero attached hydrogens (tertiary/aromatic N) is 2. The van der Waals surface area contributed by atoms with Crippen LogP contribution >= 0.6 is 0 Å². The highest BCUT2D eigenvalue weighted by Gasteiger charge is 2.27. The summed E-state index contributed by atoms with van der Waals surface area (Å²) >= 11 is 0. The van der Waals surface area contributed by atoms with Crippen molar-refractivity contribution in [2.24, 2.45) is 15.9 Å². The SMILES string of the molecule is CC(C)C1=NC2C=CC=NC2N1. The summed E-state index contributed by atoms with van der Waals surface area (Å²) in [7, 11) is 0. The Labute approximate surface area is 72.3 Å². The minimum Gasteiger partial charge on any atom is -0.350 e. The molecule has 64 valence electrons. The van der Waals surface area contributed by atoms with Crippen molar-refractivity contribution in [2.75, 3.05) is 0 Å². The molecule has 2 rings (SSSR count). The van der Waals surface area contributed by atoms with E-state index in [0.29, 0.717) is 5.92 Å². The first-order chi connectivity index (χ1) is 5.77. The number of allylic oxidation sites excluding steroid dienone is 1. The van der Waals surface area contributed by atoms with Crippen molar-refractivity contribution in [1.82, 2.24) is 5.32 Å². The fraction of sp³-hybridized carbons (Fsp3) is 0.556. The fourth-order valence-electron chi connectivity index (χ4n) is 1.40. The van der Waals surface area contributed by atoms with E-state index in [1.807, 2.05) is 12.3 Å². The van der Waals surface area contributed by atoms with Gasteiger partial charge in [0.15, 0.2) is 0 Å². The Bertz CT molecular complexity index is 263. The summed E-state index contributed by atoms with van der Waals surface area (Å²) in [5.74, 6) is 1.55. The van der Waals surface area contributed by atoms with Gasteiger partial charge in [-0.3, -0.25) is 9.98 Å². The molecule has 2 unspecified atom stereocenters. The molecule has 0 saturated carbocycles. The Morgan fingerprint density at radius 3 is 3.00 bits per heavy atom. The molecule has 0 bridgehead atoms. The summed E-state index contributed by atoms with van der Waals surface area (Å²) in [5.41, 5.74) is 0. The average Bonchev–Trinajstić information content (AvgIpc) is 2.46. The van der Waals surface area contributed by atoms with E-state index in [-0.39, 0.29) is 12.2 Å². The molecule has 2 atom stereocenters. The molecule has 0 saturated heterocycles. The van der Waals surface area contributed by atoms with Crippen molar-refractivity contribution in [3.8, 4) is 0 Å². The molecule has 0 aliphatic carbocycles. The van der Waals surface area contributed by atoms with Gasteiger partial charge in [0.1, 0.15) is 18.0 Å². The first kappa shape index (κ1) is 7.53. The lowest BCUT2D eigenvalue weighted by atomic mass is 10.2. The molecule has 1 N–H and O–H groups in total. The van der Waals surface area contributed by atoms with E-state index in [0.717, 1.165) is 5.84 Å². The van der Waals surface area contributed by atoms with E-state index in [1.54, 1.807) is 0 Å². The summed E-state index contributed by atoms with van der Waals surface area (Å²) in [6, 6.07) is 0.229. The Balaban J connectivity index is 2.16. The third kappa shape index (κ3) is 1.15. The summed E-state index contributed by atoms with van der Waals surface area (Å²) in [5, 5.41) is 3.29. The Kier molecular flexibility index (Phi) is 1.71. The maximum atomic E-state index is 4.51. The van der Waals surface area contributed by atoms with Gasteiger partial charge in [-0.25, -0.2) is 0 Å². The Hall–Kier alpha value is -1.12. The summed E-state index contributed by atoms with van der Waals surface area (Å²) in [6.07, 6.45) is 6.02. The Morgan fingerprint density at radius 2 is 2.33 bits per heavy atom. The lowest BCUT2D eigenvalue weighted by molar-refractivity contribution is 0.610. The highest BCUT2D eigenvalue weighted by molar-refractivity contribution is 5.87. The maximum Gasteiger partial charge on any atom is 0.145 e. The Morgan fingerprint density at radius 1 is 1.50 bits per heavy atom. The lowest BCUT2D eigenvalue weighted by Crippen LogP contribution is -2.35. The molecule has 2 heterocycles. The zero-order valence-electron chi connectivity index (χ0n) is 7.36. The van der Waals surface area contributed by atoms with Crippen molar-refractivity contribution >= 4 is 12.1 Å². The second-order valence-electron chi connectivity index (χ2n) is 3.43. The lowest BCUT2D eigenvalue weighted by Gasteiger charge is -2.13. The second kappa shape index (κ2) is 2.73. The molecule has 2 aliphatic rings. The van der Waals surface area contributed by atoms with E-state index in [9.17, 15) is 0 Å². The molecule has 0 aromatic heterocycles. The van der Waals surface area contributed by atoms with Crippen LogP contribution in [-0.2, 0) is 0 Å². The number of dihydropyridines is 1. The van der Waals surface area contributed by atoms with Gasteiger partial charge >= 0.3 is 0 Å². The molecule has 3 heteroatoms. The van der Waals surface area contributed by atoms with E-state index < -0.39 is 0 Å². The molecule has 12 heavy (non-hydrogen) atoms. The molecular formula is C9H13N3. The van der Waals surface area contributed by atoms with Crippen LogP contribution in [-0.4, -0.2) is 24.3 Å². The topological polar surface area (TPSA) is 36.8 Å². The van der Waals surface area contributed by atoms with Gasteiger partial charge in [0, 0.05) is 12.1 Å². The number of nitrogens with one attached hydrogen (secondary N) is 1. The van der Waals surface area contributed by atoms with E-state index in [1.165, 1.54) is 0 Å². The maximum absolute atomic E-state index is 4.51. The molecule has 0 amide bonds. The second-order valence-corrected chi connectivity index (χ2v) is 3.43. The average molecular weight is 163 g/mol. The van der Waals surface area contributed by atoms with Gasteiger partial charge in [0.25, 0.3) is 0 Å². The predicted octanol–water partition coefficient (Wildman–Crippen LogP) is 0.979. The van der Waals surface area contributed by atoms with Crippen LogP contribution in [0.15, 0.2) is 22.1 Å². The van der Waals surface area contributed by atoms with Gasteiger partial charge in [0.05, 0.1) is 0 Å². The van der Waals surface area contributed by atoms with Crippen LogP contribution in [0.2, 0.25) is 0 Å². The van der Waals surface area contributed by atoms with Crippen molar-refractivity contribution in [3.63, 3.8) is 0 Å². The van der Waals surface area contributed by atoms with Gasteiger partial charge in [-0.15, -0.1) is 0 Å². The standard InChI is InChI=1S/C9H13N3/c1-6(2)8-11-7-4-3-5-10-9(7)12-8/h3-7,9H,1-2H3,(H,11,12). The van der Waals surface area contributed by atoms with Crippen LogP contribution in [0, 0.1) is 5.92 Å². The van der Waals surface area contributed by atoms with Gasteiger partial charge in [-0.1, -0.05) is 19.9 Å². The first-order valence-electron chi connectivity index (χ1n) is 4.31. The molecule has 2 aliphatic heterocycles. The fourth-order valence-corrected chi connectivity index (χ4v) is 1.40. The van der Waals surface area contributed by atoms with Gasteiger partial charge in [-0.2, -0.15) is 0 Å². The molecule has 0 spiro atoms. The molecular weight excluding hydrogens is 150 g/mol. The molecule has 0 aromatic carbocycles. The monoisotopic (exact) mass is 163 g/mol. The highest BCUT2D eigenvalue weighted by atomic mass is 15.2. The quantitative estimate of drug-likeness (QED) is 0.614. The van der Waals surface area contributed by atoms with Crippen LogP contribution in [0.25, 0.3) is 0 Å². The molecule has 3 nitrogen and oxygen atoms in total. The summed E-state index contributed by atoms with van der Waals surface area (Å²) in [6.45, 7) is 4.27. The number of amidine groups is 1. The number of aliphatic imine (C=N–C) groups is 2. The number of hydrogen-bond donors (Lipinski definition) is 1. The number of fused-ring (bicyclic) bond motifs is 1. The van der Waals surface area contributed by atoms with E-state index in [2.05, 4.69) is 35.2 Å². The van der Waals surface area contributed by atoms with Crippen LogP contribution < -0.4 is 5.32 Å². The zero-order valence-corrected chi connectivity index (χ0v) is 7.36. The van der Waals surface area contributed by atoms with Crippen molar-refractivity contribution in [1.29, 1.82) is 0 Å². The third-order valence-corrected chi connectivity index (χ3v) is 2.10. The van der Waals surface area contributed by atoms with Crippen molar-refractivity contribution in [3.05, 3.63) is 12.2 Å².